The minimum absolute atomic E-state index is 0.0151. The average Bonchev–Trinajstić information content (AvgIpc) is 2.92. The molecule has 14 nitrogen and oxygen atoms in total. The molecule has 2 saturated heterocycles. The fourth-order valence-electron chi connectivity index (χ4n) is 5.85. The van der Waals surface area contributed by atoms with Crippen molar-refractivity contribution in [1.29, 1.82) is 0 Å². The highest BCUT2D eigenvalue weighted by atomic mass is 16.7. The van der Waals surface area contributed by atoms with Gasteiger partial charge in [-0.25, -0.2) is 9.59 Å². The smallest absolute Gasteiger partial charge is 0.407 e. The minimum atomic E-state index is -1.44. The van der Waals surface area contributed by atoms with Crippen LogP contribution in [0.2, 0.25) is 0 Å². The molecular formula is C30H55N3O11. The van der Waals surface area contributed by atoms with Gasteiger partial charge in [-0.2, -0.15) is 0 Å². The summed E-state index contributed by atoms with van der Waals surface area (Å²) in [6.45, 7) is 11.4. The third kappa shape index (κ3) is 10.1. The van der Waals surface area contributed by atoms with Gasteiger partial charge < -0.3 is 59.6 Å². The summed E-state index contributed by atoms with van der Waals surface area (Å²) in [5, 5.41) is 48.6. The molecule has 12 unspecified atom stereocenters. The largest absolute Gasteiger partial charge is 0.444 e. The van der Waals surface area contributed by atoms with Gasteiger partial charge in [0.2, 0.25) is 0 Å². The minimum Gasteiger partial charge on any atom is -0.444 e. The molecule has 0 aromatic heterocycles. The summed E-state index contributed by atoms with van der Waals surface area (Å²) in [5.74, 6) is -0.240. The molecule has 0 spiro atoms. The molecule has 44 heavy (non-hydrogen) atoms. The number of urea groups is 1. The Bertz CT molecular complexity index is 921. The molecule has 12 atom stereocenters. The number of aliphatic hydroxyl groups is 4. The molecule has 256 valence electrons. The lowest BCUT2D eigenvalue weighted by molar-refractivity contribution is -0.305. The fraction of sp³-hybridized carbons (Fsp3) is 0.933. The van der Waals surface area contributed by atoms with Crippen molar-refractivity contribution in [3.8, 4) is 0 Å². The summed E-state index contributed by atoms with van der Waals surface area (Å²) in [7, 11) is 1.66. The maximum absolute atomic E-state index is 13.2. The van der Waals surface area contributed by atoms with Gasteiger partial charge >= 0.3 is 12.1 Å². The van der Waals surface area contributed by atoms with Crippen molar-refractivity contribution >= 4 is 12.1 Å². The first-order chi connectivity index (χ1) is 20.6. The summed E-state index contributed by atoms with van der Waals surface area (Å²) in [6, 6.07) is -2.10. The molecule has 6 N–H and O–H groups in total. The van der Waals surface area contributed by atoms with Gasteiger partial charge in [0.25, 0.3) is 0 Å². The van der Waals surface area contributed by atoms with Crippen molar-refractivity contribution in [2.75, 3.05) is 20.2 Å². The van der Waals surface area contributed by atoms with Gasteiger partial charge in [0.05, 0.1) is 37.0 Å². The number of hydrogen-bond donors (Lipinski definition) is 6. The first kappa shape index (κ1) is 36.7. The molecule has 0 aromatic rings. The van der Waals surface area contributed by atoms with Crippen molar-refractivity contribution in [3.63, 3.8) is 0 Å². The first-order valence-electron chi connectivity index (χ1n) is 15.9. The number of unbranched alkanes of at least 4 members (excludes halogenated alkanes) is 1. The van der Waals surface area contributed by atoms with Crippen molar-refractivity contribution in [2.45, 2.75) is 153 Å². The van der Waals surface area contributed by atoms with Gasteiger partial charge in [-0.3, -0.25) is 0 Å². The molecule has 2 aliphatic heterocycles. The summed E-state index contributed by atoms with van der Waals surface area (Å²) in [5.41, 5.74) is -0.792. The van der Waals surface area contributed by atoms with Gasteiger partial charge in [0, 0.05) is 25.9 Å². The van der Waals surface area contributed by atoms with Crippen LogP contribution in [0.1, 0.15) is 80.1 Å². The number of amides is 3. The number of carbonyl (C=O) groups excluding carboxylic acids is 2. The predicted octanol–water partition coefficient (Wildman–Crippen LogP) is 1.22. The number of carbonyl (C=O) groups is 2. The first-order valence-corrected chi connectivity index (χ1v) is 15.9. The standard InChI is InChI=1S/C30H55N3O11/c1-8-10-11-33(7)28(38)31-18-14-19(32-29(39)44-30(4,5)6)25(42-26-16(3)12-20(35)22(9-2)41-26)23(37)24(18)43-27-21(36)13-17(34)15-40-27/h16-27,34-37H,8-15H2,1-7H3,(H,31,38)(H,32,39). The van der Waals surface area contributed by atoms with Crippen LogP contribution in [0.4, 0.5) is 9.59 Å². The van der Waals surface area contributed by atoms with E-state index in [0.29, 0.717) is 19.4 Å². The van der Waals surface area contributed by atoms with Gasteiger partial charge in [0.1, 0.15) is 30.0 Å². The molecule has 1 saturated carbocycles. The summed E-state index contributed by atoms with van der Waals surface area (Å²) < 4.78 is 29.7. The molecule has 3 fully saturated rings. The normalized spacial score (nSPS) is 38.1. The number of aliphatic hydroxyl groups excluding tert-OH is 4. The lowest BCUT2D eigenvalue weighted by Gasteiger charge is -2.48. The van der Waals surface area contributed by atoms with Crippen molar-refractivity contribution in [2.24, 2.45) is 5.92 Å². The second-order valence-electron chi connectivity index (χ2n) is 13.4. The van der Waals surface area contributed by atoms with E-state index in [2.05, 4.69) is 10.6 Å². The van der Waals surface area contributed by atoms with E-state index in [1.165, 1.54) is 4.90 Å². The maximum atomic E-state index is 13.2. The van der Waals surface area contributed by atoms with Crippen molar-refractivity contribution in [3.05, 3.63) is 0 Å². The third-order valence-electron chi connectivity index (χ3n) is 8.26. The van der Waals surface area contributed by atoms with Gasteiger partial charge in [0.15, 0.2) is 12.6 Å². The quantitative estimate of drug-likeness (QED) is 0.203. The number of hydrogen-bond acceptors (Lipinski definition) is 11. The Hall–Kier alpha value is -1.78. The maximum Gasteiger partial charge on any atom is 0.407 e. The van der Waals surface area contributed by atoms with Crippen LogP contribution in [0.25, 0.3) is 0 Å². The van der Waals surface area contributed by atoms with Crippen LogP contribution in [-0.2, 0) is 23.7 Å². The third-order valence-corrected chi connectivity index (χ3v) is 8.26. The van der Waals surface area contributed by atoms with Crippen LogP contribution in [0.5, 0.6) is 0 Å². The lowest BCUT2D eigenvalue weighted by atomic mass is 9.83. The summed E-state index contributed by atoms with van der Waals surface area (Å²) in [4.78, 5) is 27.7. The number of ether oxygens (including phenoxy) is 5. The molecule has 2 heterocycles. The van der Waals surface area contributed by atoms with Crippen LogP contribution < -0.4 is 10.6 Å². The van der Waals surface area contributed by atoms with E-state index in [9.17, 15) is 30.0 Å². The number of nitrogens with one attached hydrogen (secondary N) is 2. The molecule has 0 bridgehead atoms. The Kier molecular flexibility index (Phi) is 13.5. The van der Waals surface area contributed by atoms with Crippen LogP contribution in [-0.4, -0.2) is 131 Å². The topological polar surface area (TPSA) is 189 Å². The second kappa shape index (κ2) is 16.2. The van der Waals surface area contributed by atoms with Crippen LogP contribution in [0.3, 0.4) is 0 Å². The number of nitrogens with zero attached hydrogens (tertiary/aromatic N) is 1. The SMILES string of the molecule is CCCCN(C)C(=O)NC1CC(NC(=O)OC(C)(C)C)C(OC2OC(CC)C(O)CC2C)C(O)C1OC1OCC(O)CC1O. The highest BCUT2D eigenvalue weighted by Crippen LogP contribution is 2.34. The monoisotopic (exact) mass is 633 g/mol. The zero-order valence-corrected chi connectivity index (χ0v) is 27.2. The highest BCUT2D eigenvalue weighted by Gasteiger charge is 2.51. The van der Waals surface area contributed by atoms with Gasteiger partial charge in [-0.15, -0.1) is 0 Å². The van der Waals surface area contributed by atoms with Gasteiger partial charge in [-0.05, 0) is 46.5 Å². The van der Waals surface area contributed by atoms with E-state index in [1.54, 1.807) is 27.8 Å². The summed E-state index contributed by atoms with van der Waals surface area (Å²) in [6.07, 6.45) is -6.83. The average molecular weight is 634 g/mol. The van der Waals surface area contributed by atoms with Crippen LogP contribution >= 0.6 is 0 Å². The molecular weight excluding hydrogens is 578 g/mol. The van der Waals surface area contributed by atoms with E-state index in [0.717, 1.165) is 12.8 Å². The fourth-order valence-corrected chi connectivity index (χ4v) is 5.85. The Morgan fingerprint density at radius 3 is 2.16 bits per heavy atom. The Morgan fingerprint density at radius 1 is 0.932 bits per heavy atom. The number of alkyl carbamates (subject to hydrolysis) is 1. The van der Waals surface area contributed by atoms with E-state index in [-0.39, 0.29) is 25.4 Å². The molecule has 3 aliphatic rings. The van der Waals surface area contributed by atoms with Crippen LogP contribution in [0, 0.1) is 5.92 Å². The Labute approximate surface area is 260 Å². The molecule has 3 amide bonds. The van der Waals surface area contributed by atoms with E-state index >= 15 is 0 Å². The predicted molar refractivity (Wildman–Crippen MR) is 158 cm³/mol. The molecule has 0 radical (unpaired) electrons. The Morgan fingerprint density at radius 2 is 1.57 bits per heavy atom. The second-order valence-corrected chi connectivity index (χ2v) is 13.4. The highest BCUT2D eigenvalue weighted by molar-refractivity contribution is 5.74. The molecule has 3 rings (SSSR count). The van der Waals surface area contributed by atoms with Crippen LogP contribution in [0.15, 0.2) is 0 Å². The number of rotatable bonds is 10. The van der Waals surface area contributed by atoms with Gasteiger partial charge in [-0.1, -0.05) is 27.2 Å². The molecule has 0 aromatic carbocycles. The van der Waals surface area contributed by atoms with E-state index < -0.39 is 85.1 Å². The molecule has 1 aliphatic carbocycles. The van der Waals surface area contributed by atoms with E-state index in [1.807, 2.05) is 20.8 Å². The zero-order valence-electron chi connectivity index (χ0n) is 27.2. The lowest BCUT2D eigenvalue weighted by Crippen LogP contribution is -2.68. The molecule has 14 heteroatoms. The van der Waals surface area contributed by atoms with Crippen molar-refractivity contribution < 1.29 is 53.7 Å². The summed E-state index contributed by atoms with van der Waals surface area (Å²) >= 11 is 0. The van der Waals surface area contributed by atoms with Crippen molar-refractivity contribution in [1.82, 2.24) is 15.5 Å². The zero-order chi connectivity index (χ0) is 32.8. The Balaban J connectivity index is 1.92. The van der Waals surface area contributed by atoms with E-state index in [4.69, 9.17) is 23.7 Å².